The highest BCUT2D eigenvalue weighted by Crippen LogP contribution is 2.35. The summed E-state index contributed by atoms with van der Waals surface area (Å²) in [7, 11) is 0. The summed E-state index contributed by atoms with van der Waals surface area (Å²) in [6.45, 7) is 1.59. The zero-order valence-electron chi connectivity index (χ0n) is 10.3. The fraction of sp³-hybridized carbons (Fsp3) is 0.462. The molecule has 3 nitrogen and oxygen atoms in total. The lowest BCUT2D eigenvalue weighted by atomic mass is 9.99. The van der Waals surface area contributed by atoms with Crippen molar-refractivity contribution >= 4 is 11.7 Å². The summed E-state index contributed by atoms with van der Waals surface area (Å²) in [5, 5.41) is 11.8. The molecular formula is C13H14F3NO2. The smallest absolute Gasteiger partial charge is 0.416 e. The van der Waals surface area contributed by atoms with Gasteiger partial charge in [-0.2, -0.15) is 13.2 Å². The van der Waals surface area contributed by atoms with Crippen LogP contribution in [0.2, 0.25) is 0 Å². The average Bonchev–Trinajstić information content (AvgIpc) is 2.68. The number of carboxylic acid groups (broad SMARTS) is 1. The molecule has 2 unspecified atom stereocenters. The van der Waals surface area contributed by atoms with Crippen LogP contribution in [0.3, 0.4) is 0 Å². The highest BCUT2D eigenvalue weighted by molar-refractivity contribution is 5.70. The zero-order chi connectivity index (χ0) is 14.2. The van der Waals surface area contributed by atoms with Crippen LogP contribution in [-0.2, 0) is 17.4 Å². The SMILES string of the molecule is CC(CC1Cc2ccc(C(F)(F)F)cc2N1)C(=O)O. The molecule has 1 aliphatic rings. The Balaban J connectivity index is 2.10. The minimum absolute atomic E-state index is 0.121. The molecule has 2 atom stereocenters. The van der Waals surface area contributed by atoms with Crippen molar-refractivity contribution in [3.63, 3.8) is 0 Å². The molecule has 104 valence electrons. The topological polar surface area (TPSA) is 49.3 Å². The molecule has 2 N–H and O–H groups in total. The van der Waals surface area contributed by atoms with Gasteiger partial charge in [-0.25, -0.2) is 0 Å². The molecular weight excluding hydrogens is 259 g/mol. The predicted octanol–water partition coefficient (Wildman–Crippen LogP) is 3.15. The molecule has 0 aromatic heterocycles. The van der Waals surface area contributed by atoms with Gasteiger partial charge in [0, 0.05) is 11.7 Å². The highest BCUT2D eigenvalue weighted by Gasteiger charge is 2.33. The molecule has 6 heteroatoms. The van der Waals surface area contributed by atoms with Crippen molar-refractivity contribution in [2.75, 3.05) is 5.32 Å². The molecule has 0 spiro atoms. The minimum atomic E-state index is -4.36. The summed E-state index contributed by atoms with van der Waals surface area (Å²) in [6.07, 6.45) is -3.40. The van der Waals surface area contributed by atoms with E-state index in [-0.39, 0.29) is 6.04 Å². The van der Waals surface area contributed by atoms with E-state index in [1.807, 2.05) is 0 Å². The number of nitrogens with one attached hydrogen (secondary N) is 1. The van der Waals surface area contributed by atoms with Gasteiger partial charge >= 0.3 is 12.1 Å². The predicted molar refractivity (Wildman–Crippen MR) is 64.0 cm³/mol. The molecule has 1 aromatic rings. The molecule has 19 heavy (non-hydrogen) atoms. The van der Waals surface area contributed by atoms with Gasteiger partial charge in [-0.1, -0.05) is 13.0 Å². The molecule has 0 bridgehead atoms. The largest absolute Gasteiger partial charge is 0.481 e. The molecule has 2 rings (SSSR count). The molecule has 0 amide bonds. The Morgan fingerprint density at radius 2 is 2.21 bits per heavy atom. The van der Waals surface area contributed by atoms with E-state index in [0.717, 1.165) is 17.7 Å². The zero-order valence-corrected chi connectivity index (χ0v) is 10.3. The van der Waals surface area contributed by atoms with Crippen molar-refractivity contribution in [1.29, 1.82) is 0 Å². The van der Waals surface area contributed by atoms with Gasteiger partial charge in [0.1, 0.15) is 0 Å². The second-order valence-electron chi connectivity index (χ2n) is 4.89. The minimum Gasteiger partial charge on any atom is -0.481 e. The Morgan fingerprint density at radius 1 is 1.53 bits per heavy atom. The number of halogens is 3. The van der Waals surface area contributed by atoms with Gasteiger partial charge in [-0.15, -0.1) is 0 Å². The van der Waals surface area contributed by atoms with Crippen molar-refractivity contribution in [2.24, 2.45) is 5.92 Å². The first-order valence-electron chi connectivity index (χ1n) is 5.97. The van der Waals surface area contributed by atoms with Crippen LogP contribution in [0.15, 0.2) is 18.2 Å². The number of aliphatic carboxylic acids is 1. The fourth-order valence-corrected chi connectivity index (χ4v) is 2.27. The maximum absolute atomic E-state index is 12.6. The molecule has 0 saturated carbocycles. The maximum Gasteiger partial charge on any atom is 0.416 e. The van der Waals surface area contributed by atoms with Crippen LogP contribution in [0.5, 0.6) is 0 Å². The third-order valence-electron chi connectivity index (χ3n) is 3.32. The molecule has 0 saturated heterocycles. The number of carboxylic acids is 1. The van der Waals surface area contributed by atoms with Gasteiger partial charge in [-0.05, 0) is 30.5 Å². The number of alkyl halides is 3. The van der Waals surface area contributed by atoms with Crippen molar-refractivity contribution in [1.82, 2.24) is 0 Å². The van der Waals surface area contributed by atoms with E-state index < -0.39 is 23.6 Å². The Morgan fingerprint density at radius 3 is 2.79 bits per heavy atom. The van der Waals surface area contributed by atoms with Crippen LogP contribution in [0.1, 0.15) is 24.5 Å². The first kappa shape index (κ1) is 13.7. The lowest BCUT2D eigenvalue weighted by Crippen LogP contribution is -2.22. The van der Waals surface area contributed by atoms with Gasteiger partial charge in [0.15, 0.2) is 0 Å². The number of rotatable bonds is 3. The summed E-state index contributed by atoms with van der Waals surface area (Å²) >= 11 is 0. The normalized spacial score (nSPS) is 19.7. The maximum atomic E-state index is 12.6. The Hall–Kier alpha value is -1.72. The molecule has 0 aliphatic carbocycles. The lowest BCUT2D eigenvalue weighted by Gasteiger charge is -2.14. The van der Waals surface area contributed by atoms with Gasteiger partial charge < -0.3 is 10.4 Å². The second-order valence-corrected chi connectivity index (χ2v) is 4.89. The van der Waals surface area contributed by atoms with E-state index in [4.69, 9.17) is 5.11 Å². The van der Waals surface area contributed by atoms with Gasteiger partial charge in [0.2, 0.25) is 0 Å². The van der Waals surface area contributed by atoms with Crippen molar-refractivity contribution in [2.45, 2.75) is 32.0 Å². The third kappa shape index (κ3) is 3.00. The molecule has 1 heterocycles. The summed E-state index contributed by atoms with van der Waals surface area (Å²) in [5.74, 6) is -1.41. The average molecular weight is 273 g/mol. The number of fused-ring (bicyclic) bond motifs is 1. The fourth-order valence-electron chi connectivity index (χ4n) is 2.27. The summed E-state index contributed by atoms with van der Waals surface area (Å²) < 4.78 is 37.7. The van der Waals surface area contributed by atoms with Gasteiger partial charge in [0.05, 0.1) is 11.5 Å². The first-order chi connectivity index (χ1) is 8.77. The van der Waals surface area contributed by atoms with Crippen LogP contribution in [0, 0.1) is 5.92 Å². The number of benzene rings is 1. The quantitative estimate of drug-likeness (QED) is 0.889. The Kier molecular flexibility index (Phi) is 3.43. The number of anilines is 1. The van der Waals surface area contributed by atoms with Crippen LogP contribution in [0.4, 0.5) is 18.9 Å². The molecule has 1 aromatic carbocycles. The number of hydrogen-bond donors (Lipinski definition) is 2. The van der Waals surface area contributed by atoms with E-state index in [2.05, 4.69) is 5.32 Å². The second kappa shape index (κ2) is 4.75. The molecule has 0 radical (unpaired) electrons. The van der Waals surface area contributed by atoms with Gasteiger partial charge in [-0.3, -0.25) is 4.79 Å². The van der Waals surface area contributed by atoms with E-state index in [1.165, 1.54) is 6.07 Å². The monoisotopic (exact) mass is 273 g/mol. The summed E-state index contributed by atoms with van der Waals surface area (Å²) in [6, 6.07) is 3.48. The highest BCUT2D eigenvalue weighted by atomic mass is 19.4. The van der Waals surface area contributed by atoms with E-state index >= 15 is 0 Å². The van der Waals surface area contributed by atoms with Crippen LogP contribution < -0.4 is 5.32 Å². The number of carbonyl (C=O) groups is 1. The van der Waals surface area contributed by atoms with E-state index in [1.54, 1.807) is 6.92 Å². The van der Waals surface area contributed by atoms with Crippen molar-refractivity contribution in [3.05, 3.63) is 29.3 Å². The van der Waals surface area contributed by atoms with Crippen molar-refractivity contribution < 1.29 is 23.1 Å². The van der Waals surface area contributed by atoms with E-state index in [9.17, 15) is 18.0 Å². The Bertz CT molecular complexity index is 499. The van der Waals surface area contributed by atoms with Gasteiger partial charge in [0.25, 0.3) is 0 Å². The lowest BCUT2D eigenvalue weighted by molar-refractivity contribution is -0.141. The number of hydrogen-bond acceptors (Lipinski definition) is 2. The van der Waals surface area contributed by atoms with Crippen LogP contribution in [-0.4, -0.2) is 17.1 Å². The van der Waals surface area contributed by atoms with Crippen LogP contribution >= 0.6 is 0 Å². The first-order valence-corrected chi connectivity index (χ1v) is 5.97. The summed E-state index contributed by atoms with van der Waals surface area (Å²) in [5.41, 5.74) is 0.568. The van der Waals surface area contributed by atoms with Crippen LogP contribution in [0.25, 0.3) is 0 Å². The summed E-state index contributed by atoms with van der Waals surface area (Å²) in [4.78, 5) is 10.8. The van der Waals surface area contributed by atoms with Crippen molar-refractivity contribution in [3.8, 4) is 0 Å². The molecule has 0 fully saturated rings. The van der Waals surface area contributed by atoms with E-state index in [0.29, 0.717) is 18.5 Å². The third-order valence-corrected chi connectivity index (χ3v) is 3.32. The Labute approximate surface area is 108 Å². The standard InChI is InChI=1S/C13H14F3NO2/c1-7(12(18)19)4-10-5-8-2-3-9(13(14,15)16)6-11(8)17-10/h2-3,6-7,10,17H,4-5H2,1H3,(H,18,19). The molecule has 1 aliphatic heterocycles.